The molecule has 1 saturated heterocycles. The molecule has 0 radical (unpaired) electrons. The Morgan fingerprint density at radius 1 is 0.879 bits per heavy atom. The van der Waals surface area contributed by atoms with Crippen LogP contribution in [0, 0.1) is 13.8 Å². The molecule has 3 heterocycles. The largest absolute Gasteiger partial charge is 0.338 e. The third-order valence-electron chi connectivity index (χ3n) is 6.30. The normalized spacial score (nSPS) is 15.6. The Kier molecular flexibility index (Phi) is 5.69. The van der Waals surface area contributed by atoms with E-state index in [2.05, 4.69) is 59.1 Å². The van der Waals surface area contributed by atoms with Crippen molar-refractivity contribution in [3.05, 3.63) is 102 Å². The van der Waals surface area contributed by atoms with Gasteiger partial charge in [-0.05, 0) is 60.7 Å². The molecule has 2 aromatic carbocycles. The fourth-order valence-corrected chi connectivity index (χ4v) is 4.75. The Hall–Kier alpha value is -3.86. The summed E-state index contributed by atoms with van der Waals surface area (Å²) in [7, 11) is 0. The SMILES string of the molecule is Cc1cc(C)cc(-c2ccc(C(=O)N3CCC(c4cccnc4)C3)cc2-c2cncnc2)c1. The first kappa shape index (κ1) is 21.0. The zero-order chi connectivity index (χ0) is 22.8. The summed E-state index contributed by atoms with van der Waals surface area (Å²) >= 11 is 0. The van der Waals surface area contributed by atoms with E-state index in [0.29, 0.717) is 18.0 Å². The smallest absolute Gasteiger partial charge is 0.253 e. The van der Waals surface area contributed by atoms with Crippen molar-refractivity contribution < 1.29 is 4.79 Å². The van der Waals surface area contributed by atoms with Gasteiger partial charge < -0.3 is 4.90 Å². The Morgan fingerprint density at radius 3 is 2.39 bits per heavy atom. The fourth-order valence-electron chi connectivity index (χ4n) is 4.75. The van der Waals surface area contributed by atoms with E-state index >= 15 is 0 Å². The Labute approximate surface area is 194 Å². The van der Waals surface area contributed by atoms with Crippen molar-refractivity contribution in [1.82, 2.24) is 19.9 Å². The molecule has 2 aromatic heterocycles. The number of aromatic nitrogens is 3. The van der Waals surface area contributed by atoms with Gasteiger partial charge in [-0.15, -0.1) is 0 Å². The quantitative estimate of drug-likeness (QED) is 0.428. The summed E-state index contributed by atoms with van der Waals surface area (Å²) in [6.07, 6.45) is 9.78. The lowest BCUT2D eigenvalue weighted by Crippen LogP contribution is -2.28. The molecule has 4 aromatic rings. The predicted octanol–water partition coefficient (Wildman–Crippen LogP) is 5.45. The standard InChI is InChI=1S/C28H26N4O/c1-19-10-20(2)12-24(11-19)26-6-5-21(13-27(26)25-15-30-18-31-16-25)28(33)32-9-7-23(17-32)22-4-3-8-29-14-22/h3-6,8,10-16,18,23H,7,9,17H2,1-2H3. The number of hydrogen-bond acceptors (Lipinski definition) is 4. The third-order valence-corrected chi connectivity index (χ3v) is 6.30. The minimum Gasteiger partial charge on any atom is -0.338 e. The molecule has 33 heavy (non-hydrogen) atoms. The van der Waals surface area contributed by atoms with Crippen molar-refractivity contribution in [2.24, 2.45) is 0 Å². The monoisotopic (exact) mass is 434 g/mol. The first-order chi connectivity index (χ1) is 16.1. The van der Waals surface area contributed by atoms with Crippen LogP contribution in [-0.4, -0.2) is 38.8 Å². The van der Waals surface area contributed by atoms with Crippen molar-refractivity contribution >= 4 is 5.91 Å². The van der Waals surface area contributed by atoms with Crippen LogP contribution in [-0.2, 0) is 0 Å². The maximum absolute atomic E-state index is 13.4. The first-order valence-corrected chi connectivity index (χ1v) is 11.3. The lowest BCUT2D eigenvalue weighted by Gasteiger charge is -2.19. The van der Waals surface area contributed by atoms with Gasteiger partial charge in [0.25, 0.3) is 5.91 Å². The number of benzene rings is 2. The average molecular weight is 435 g/mol. The van der Waals surface area contributed by atoms with Crippen LogP contribution < -0.4 is 0 Å². The number of carbonyl (C=O) groups is 1. The number of likely N-dealkylation sites (tertiary alicyclic amines) is 1. The molecule has 1 amide bonds. The summed E-state index contributed by atoms with van der Waals surface area (Å²) in [5, 5.41) is 0. The van der Waals surface area contributed by atoms with Crippen LogP contribution in [0.25, 0.3) is 22.3 Å². The minimum absolute atomic E-state index is 0.0615. The van der Waals surface area contributed by atoms with Gasteiger partial charge in [-0.3, -0.25) is 9.78 Å². The summed E-state index contributed by atoms with van der Waals surface area (Å²) in [6.45, 7) is 5.67. The highest BCUT2D eigenvalue weighted by Gasteiger charge is 2.28. The molecule has 5 heteroatoms. The second-order valence-corrected chi connectivity index (χ2v) is 8.79. The summed E-state index contributed by atoms with van der Waals surface area (Å²) in [6, 6.07) is 16.6. The van der Waals surface area contributed by atoms with E-state index in [1.807, 2.05) is 29.3 Å². The first-order valence-electron chi connectivity index (χ1n) is 11.3. The van der Waals surface area contributed by atoms with E-state index in [1.54, 1.807) is 18.6 Å². The lowest BCUT2D eigenvalue weighted by atomic mass is 9.92. The highest BCUT2D eigenvalue weighted by molar-refractivity contribution is 5.98. The fraction of sp³-hybridized carbons (Fsp3) is 0.214. The number of hydrogen-bond donors (Lipinski definition) is 0. The number of carbonyl (C=O) groups excluding carboxylic acids is 1. The van der Waals surface area contributed by atoms with Crippen LogP contribution in [0.15, 0.2) is 79.6 Å². The van der Waals surface area contributed by atoms with E-state index in [0.717, 1.165) is 35.2 Å². The van der Waals surface area contributed by atoms with Crippen molar-refractivity contribution in [3.8, 4) is 22.3 Å². The third kappa shape index (κ3) is 4.40. The number of aryl methyl sites for hydroxylation is 2. The maximum atomic E-state index is 13.4. The topological polar surface area (TPSA) is 59.0 Å². The zero-order valence-corrected chi connectivity index (χ0v) is 18.9. The van der Waals surface area contributed by atoms with E-state index in [-0.39, 0.29) is 5.91 Å². The van der Waals surface area contributed by atoms with Gasteiger partial charge >= 0.3 is 0 Å². The predicted molar refractivity (Wildman–Crippen MR) is 130 cm³/mol. The van der Waals surface area contributed by atoms with Crippen LogP contribution in [0.4, 0.5) is 0 Å². The molecule has 164 valence electrons. The molecule has 0 N–H and O–H groups in total. The van der Waals surface area contributed by atoms with Crippen molar-refractivity contribution in [2.75, 3.05) is 13.1 Å². The lowest BCUT2D eigenvalue weighted by molar-refractivity contribution is 0.0791. The number of pyridine rings is 1. The van der Waals surface area contributed by atoms with E-state index in [4.69, 9.17) is 0 Å². The van der Waals surface area contributed by atoms with Gasteiger partial charge in [0.2, 0.25) is 0 Å². The van der Waals surface area contributed by atoms with Gasteiger partial charge in [0, 0.05) is 54.9 Å². The molecule has 1 fully saturated rings. The number of amides is 1. The molecular formula is C28H26N4O. The van der Waals surface area contributed by atoms with Crippen LogP contribution in [0.2, 0.25) is 0 Å². The van der Waals surface area contributed by atoms with Crippen molar-refractivity contribution in [2.45, 2.75) is 26.2 Å². The van der Waals surface area contributed by atoms with Crippen molar-refractivity contribution in [3.63, 3.8) is 0 Å². The summed E-state index contributed by atoms with van der Waals surface area (Å²) in [5.74, 6) is 0.394. The molecule has 5 nitrogen and oxygen atoms in total. The molecule has 1 unspecified atom stereocenters. The van der Waals surface area contributed by atoms with Gasteiger partial charge in [0.15, 0.2) is 0 Å². The van der Waals surface area contributed by atoms with Crippen LogP contribution in [0.5, 0.6) is 0 Å². The molecular weight excluding hydrogens is 408 g/mol. The summed E-state index contributed by atoms with van der Waals surface area (Å²) in [4.78, 5) is 28.1. The Balaban J connectivity index is 1.50. The number of nitrogens with zero attached hydrogens (tertiary/aromatic N) is 4. The molecule has 0 bridgehead atoms. The molecule has 0 saturated carbocycles. The summed E-state index contributed by atoms with van der Waals surface area (Å²) in [5.41, 5.74) is 8.36. The van der Waals surface area contributed by atoms with E-state index < -0.39 is 0 Å². The average Bonchev–Trinajstić information content (AvgIpc) is 3.34. The molecule has 0 aliphatic carbocycles. The van der Waals surface area contributed by atoms with Gasteiger partial charge in [-0.1, -0.05) is 41.5 Å². The molecule has 1 aliphatic rings. The van der Waals surface area contributed by atoms with Crippen LogP contribution in [0.1, 0.15) is 39.4 Å². The highest BCUT2D eigenvalue weighted by Crippen LogP contribution is 2.35. The van der Waals surface area contributed by atoms with E-state index in [1.165, 1.54) is 23.0 Å². The van der Waals surface area contributed by atoms with Gasteiger partial charge in [-0.25, -0.2) is 9.97 Å². The Bertz CT molecular complexity index is 1270. The van der Waals surface area contributed by atoms with E-state index in [9.17, 15) is 4.79 Å². The van der Waals surface area contributed by atoms with Gasteiger partial charge in [0.1, 0.15) is 6.33 Å². The zero-order valence-electron chi connectivity index (χ0n) is 18.9. The second-order valence-electron chi connectivity index (χ2n) is 8.79. The summed E-state index contributed by atoms with van der Waals surface area (Å²) < 4.78 is 0. The molecule has 1 aliphatic heterocycles. The minimum atomic E-state index is 0.0615. The van der Waals surface area contributed by atoms with Crippen LogP contribution >= 0.6 is 0 Å². The second kappa shape index (κ2) is 8.94. The Morgan fingerprint density at radius 2 is 1.67 bits per heavy atom. The molecule has 0 spiro atoms. The number of rotatable bonds is 4. The van der Waals surface area contributed by atoms with Crippen LogP contribution in [0.3, 0.4) is 0 Å². The van der Waals surface area contributed by atoms with Gasteiger partial charge in [0.05, 0.1) is 0 Å². The van der Waals surface area contributed by atoms with Crippen molar-refractivity contribution in [1.29, 1.82) is 0 Å². The molecule has 1 atom stereocenters. The maximum Gasteiger partial charge on any atom is 0.253 e. The highest BCUT2D eigenvalue weighted by atomic mass is 16.2. The molecule has 5 rings (SSSR count). The van der Waals surface area contributed by atoms with Gasteiger partial charge in [-0.2, -0.15) is 0 Å².